The van der Waals surface area contributed by atoms with E-state index in [0.717, 1.165) is 6.20 Å². The molecule has 102 valence electrons. The van der Waals surface area contributed by atoms with Crippen LogP contribution in [0.15, 0.2) is 11.1 Å². The smallest absolute Gasteiger partial charge is 0.383 e. The number of nitrogens with zero attached hydrogens (tertiary/aromatic N) is 2. The van der Waals surface area contributed by atoms with E-state index in [1.807, 2.05) is 0 Å². The Hall–Kier alpha value is -1.29. The van der Waals surface area contributed by atoms with Gasteiger partial charge in [-0.05, 0) is 12.8 Å². The fourth-order valence-electron chi connectivity index (χ4n) is 1.57. The molecule has 0 spiro atoms. The molecular weight excluding hydrogens is 273 g/mol. The predicted octanol–water partition coefficient (Wildman–Crippen LogP) is 0.707. The molecule has 1 heterocycles. The molecule has 1 aromatic rings. The molecule has 10 heteroatoms. The van der Waals surface area contributed by atoms with Crippen molar-refractivity contribution in [2.24, 2.45) is 0 Å². The number of hydrogen-bond acceptors (Lipinski definition) is 4. The standard InChI is InChI=1S/C8H11F3N4O2S/c9-8(10,11)4-15(5-1-2-5)18(16,17)6-3-13-14-7(6)12/h3,5H,1-2,4H2,(H3,12,13,14). The van der Waals surface area contributed by atoms with Crippen LogP contribution in [0.25, 0.3) is 0 Å². The Morgan fingerprint density at radius 2 is 2.11 bits per heavy atom. The zero-order valence-corrected chi connectivity index (χ0v) is 9.92. The summed E-state index contributed by atoms with van der Waals surface area (Å²) in [6.45, 7) is -1.51. The Bertz CT molecular complexity index is 535. The summed E-state index contributed by atoms with van der Waals surface area (Å²) < 4.78 is 61.8. The third-order valence-electron chi connectivity index (χ3n) is 2.51. The zero-order chi connectivity index (χ0) is 13.6. The van der Waals surface area contributed by atoms with Crippen molar-refractivity contribution in [3.8, 4) is 0 Å². The Balaban J connectivity index is 2.34. The number of nitrogens with one attached hydrogen (secondary N) is 1. The normalized spacial score (nSPS) is 17.3. The number of sulfonamides is 1. The first kappa shape index (κ1) is 13.1. The Morgan fingerprint density at radius 3 is 2.50 bits per heavy atom. The lowest BCUT2D eigenvalue weighted by atomic mass is 10.6. The topological polar surface area (TPSA) is 92.1 Å². The van der Waals surface area contributed by atoms with Gasteiger partial charge in [0.1, 0.15) is 17.3 Å². The molecule has 1 aliphatic rings. The average Bonchev–Trinajstić information content (AvgIpc) is 2.95. The van der Waals surface area contributed by atoms with Crippen LogP contribution >= 0.6 is 0 Å². The highest BCUT2D eigenvalue weighted by molar-refractivity contribution is 7.89. The number of anilines is 1. The van der Waals surface area contributed by atoms with Crippen LogP contribution in [0, 0.1) is 0 Å². The number of alkyl halides is 3. The van der Waals surface area contributed by atoms with Crippen LogP contribution in [0.5, 0.6) is 0 Å². The molecule has 0 amide bonds. The third kappa shape index (κ3) is 2.58. The van der Waals surface area contributed by atoms with E-state index in [-0.39, 0.29) is 5.82 Å². The van der Waals surface area contributed by atoms with Crippen LogP contribution in [-0.2, 0) is 10.0 Å². The van der Waals surface area contributed by atoms with E-state index in [1.54, 1.807) is 0 Å². The molecule has 1 aromatic heterocycles. The van der Waals surface area contributed by atoms with Crippen LogP contribution < -0.4 is 5.73 Å². The SMILES string of the molecule is Nc1[nH]ncc1S(=O)(=O)N(CC(F)(F)F)C1CC1. The first-order chi connectivity index (χ1) is 8.22. The molecule has 0 aliphatic heterocycles. The van der Waals surface area contributed by atoms with E-state index >= 15 is 0 Å². The summed E-state index contributed by atoms with van der Waals surface area (Å²) in [5.74, 6) is -0.261. The van der Waals surface area contributed by atoms with Crippen molar-refractivity contribution < 1.29 is 21.6 Å². The van der Waals surface area contributed by atoms with Gasteiger partial charge < -0.3 is 5.73 Å². The summed E-state index contributed by atoms with van der Waals surface area (Å²) in [7, 11) is -4.26. The van der Waals surface area contributed by atoms with E-state index in [0.29, 0.717) is 17.1 Å². The lowest BCUT2D eigenvalue weighted by molar-refractivity contribution is -0.137. The van der Waals surface area contributed by atoms with Crippen LogP contribution in [0.3, 0.4) is 0 Å². The first-order valence-corrected chi connectivity index (χ1v) is 6.53. The second-order valence-corrected chi connectivity index (χ2v) is 5.90. The largest absolute Gasteiger partial charge is 0.402 e. The van der Waals surface area contributed by atoms with Gasteiger partial charge in [-0.25, -0.2) is 8.42 Å². The summed E-state index contributed by atoms with van der Waals surface area (Å²) in [6, 6.07) is -0.606. The van der Waals surface area contributed by atoms with Crippen LogP contribution in [0.4, 0.5) is 19.0 Å². The summed E-state index contributed by atoms with van der Waals surface area (Å²) in [4.78, 5) is -0.418. The second kappa shape index (κ2) is 4.12. The van der Waals surface area contributed by atoms with Crippen LogP contribution in [-0.4, -0.2) is 41.7 Å². The van der Waals surface area contributed by atoms with E-state index in [2.05, 4.69) is 10.2 Å². The summed E-state index contributed by atoms with van der Waals surface area (Å²) in [5, 5.41) is 5.60. The van der Waals surface area contributed by atoms with Gasteiger partial charge in [-0.1, -0.05) is 0 Å². The maximum atomic E-state index is 12.4. The minimum absolute atomic E-state index is 0.261. The van der Waals surface area contributed by atoms with E-state index in [4.69, 9.17) is 5.73 Å². The average molecular weight is 284 g/mol. The highest BCUT2D eigenvalue weighted by atomic mass is 32.2. The van der Waals surface area contributed by atoms with Gasteiger partial charge in [0.2, 0.25) is 10.0 Å². The molecule has 0 aromatic carbocycles. The molecule has 0 radical (unpaired) electrons. The summed E-state index contributed by atoms with van der Waals surface area (Å²) in [5.41, 5.74) is 5.34. The van der Waals surface area contributed by atoms with Crippen molar-refractivity contribution in [1.82, 2.24) is 14.5 Å². The van der Waals surface area contributed by atoms with Gasteiger partial charge in [-0.3, -0.25) is 5.10 Å². The monoisotopic (exact) mass is 284 g/mol. The number of H-pyrrole nitrogens is 1. The van der Waals surface area contributed by atoms with Crippen molar-refractivity contribution in [1.29, 1.82) is 0 Å². The highest BCUT2D eigenvalue weighted by Crippen LogP contribution is 2.35. The molecule has 0 saturated heterocycles. The number of nitrogens with two attached hydrogens (primary N) is 1. The molecule has 6 nitrogen and oxygen atoms in total. The molecule has 3 N–H and O–H groups in total. The van der Waals surface area contributed by atoms with Crippen molar-refractivity contribution in [3.05, 3.63) is 6.20 Å². The third-order valence-corrected chi connectivity index (χ3v) is 4.43. The molecule has 18 heavy (non-hydrogen) atoms. The lowest BCUT2D eigenvalue weighted by Crippen LogP contribution is -2.40. The van der Waals surface area contributed by atoms with Gasteiger partial charge in [0.25, 0.3) is 0 Å². The number of hydrogen-bond donors (Lipinski definition) is 2. The molecule has 2 rings (SSSR count). The zero-order valence-electron chi connectivity index (χ0n) is 9.11. The minimum atomic E-state index is -4.59. The quantitative estimate of drug-likeness (QED) is 0.851. The Kier molecular flexibility index (Phi) is 3.01. The Labute approximate surface area is 101 Å². The minimum Gasteiger partial charge on any atom is -0.383 e. The van der Waals surface area contributed by atoms with Crippen molar-refractivity contribution in [3.63, 3.8) is 0 Å². The summed E-state index contributed by atoms with van der Waals surface area (Å²) >= 11 is 0. The van der Waals surface area contributed by atoms with E-state index in [1.165, 1.54) is 0 Å². The molecule has 1 aliphatic carbocycles. The summed E-state index contributed by atoms with van der Waals surface area (Å²) in [6.07, 6.45) is -2.83. The van der Waals surface area contributed by atoms with Crippen molar-refractivity contribution in [2.75, 3.05) is 12.3 Å². The second-order valence-electron chi connectivity index (χ2n) is 4.04. The number of aromatic amines is 1. The fourth-order valence-corrected chi connectivity index (χ4v) is 3.25. The molecule has 0 atom stereocenters. The van der Waals surface area contributed by atoms with E-state index < -0.39 is 33.7 Å². The molecule has 1 saturated carbocycles. The highest BCUT2D eigenvalue weighted by Gasteiger charge is 2.45. The number of nitrogen functional groups attached to an aromatic ring is 1. The molecule has 0 unspecified atom stereocenters. The lowest BCUT2D eigenvalue weighted by Gasteiger charge is -2.22. The molecular formula is C8H11F3N4O2S. The van der Waals surface area contributed by atoms with Crippen LogP contribution in [0.2, 0.25) is 0 Å². The van der Waals surface area contributed by atoms with E-state index in [9.17, 15) is 21.6 Å². The molecule has 0 bridgehead atoms. The van der Waals surface area contributed by atoms with Gasteiger partial charge in [0, 0.05) is 6.04 Å². The number of rotatable bonds is 4. The van der Waals surface area contributed by atoms with Gasteiger partial charge in [0.15, 0.2) is 0 Å². The Morgan fingerprint density at radius 1 is 1.50 bits per heavy atom. The first-order valence-electron chi connectivity index (χ1n) is 5.09. The van der Waals surface area contributed by atoms with Crippen molar-refractivity contribution >= 4 is 15.8 Å². The maximum absolute atomic E-state index is 12.4. The van der Waals surface area contributed by atoms with Gasteiger partial charge in [-0.15, -0.1) is 0 Å². The maximum Gasteiger partial charge on any atom is 0.402 e. The number of aromatic nitrogens is 2. The number of halogens is 3. The van der Waals surface area contributed by atoms with Crippen molar-refractivity contribution in [2.45, 2.75) is 30.0 Å². The fraction of sp³-hybridized carbons (Fsp3) is 0.625. The van der Waals surface area contributed by atoms with Gasteiger partial charge in [0.05, 0.1) is 6.20 Å². The van der Waals surface area contributed by atoms with Gasteiger partial charge >= 0.3 is 6.18 Å². The van der Waals surface area contributed by atoms with Gasteiger partial charge in [-0.2, -0.15) is 22.6 Å². The predicted molar refractivity (Wildman–Crippen MR) is 56.0 cm³/mol. The van der Waals surface area contributed by atoms with Crippen LogP contribution in [0.1, 0.15) is 12.8 Å². The molecule has 1 fully saturated rings.